The number of nitrogen functional groups attached to an aromatic ring is 1. The molecule has 0 bridgehead atoms. The lowest BCUT2D eigenvalue weighted by atomic mass is 10.1. The van der Waals surface area contributed by atoms with Gasteiger partial charge in [-0.15, -0.1) is 0 Å². The van der Waals surface area contributed by atoms with Crippen molar-refractivity contribution < 1.29 is 14.3 Å². The maximum atomic E-state index is 11.8. The Balaban J connectivity index is 2.18. The van der Waals surface area contributed by atoms with Gasteiger partial charge in [-0.25, -0.2) is 4.79 Å². The lowest BCUT2D eigenvalue weighted by Gasteiger charge is -2.08. The van der Waals surface area contributed by atoms with Gasteiger partial charge in [0.25, 0.3) is 5.91 Å². The van der Waals surface area contributed by atoms with Crippen molar-refractivity contribution in [3.05, 3.63) is 47.8 Å². The number of methoxy groups -OCH3 is 1. The number of hydrogen-bond acceptors (Lipinski definition) is 4. The Bertz CT molecular complexity index is 606. The number of rotatable bonds is 3. The second-order valence-corrected chi connectivity index (χ2v) is 3.83. The van der Waals surface area contributed by atoms with Crippen molar-refractivity contribution in [1.82, 2.24) is 4.98 Å². The molecule has 0 radical (unpaired) electrons. The van der Waals surface area contributed by atoms with Crippen LogP contribution >= 0.6 is 0 Å². The SMILES string of the molecule is COC(=O)c1ccc(NC(=O)c2ccc[nH]2)c(N)c1. The summed E-state index contributed by atoms with van der Waals surface area (Å²) in [6.07, 6.45) is 1.65. The van der Waals surface area contributed by atoms with Crippen molar-refractivity contribution in [1.29, 1.82) is 0 Å². The summed E-state index contributed by atoms with van der Waals surface area (Å²) in [4.78, 5) is 25.9. The van der Waals surface area contributed by atoms with Crippen molar-refractivity contribution in [3.8, 4) is 0 Å². The average molecular weight is 259 g/mol. The highest BCUT2D eigenvalue weighted by molar-refractivity contribution is 6.05. The molecule has 1 heterocycles. The van der Waals surface area contributed by atoms with Crippen LogP contribution in [0.25, 0.3) is 0 Å². The van der Waals surface area contributed by atoms with Crippen LogP contribution in [0.5, 0.6) is 0 Å². The molecule has 0 aliphatic rings. The molecular formula is C13H13N3O3. The Kier molecular flexibility index (Phi) is 3.51. The number of nitrogens with one attached hydrogen (secondary N) is 2. The molecule has 1 amide bonds. The van der Waals surface area contributed by atoms with E-state index in [1.54, 1.807) is 24.4 Å². The van der Waals surface area contributed by atoms with E-state index in [-0.39, 0.29) is 5.91 Å². The van der Waals surface area contributed by atoms with E-state index in [1.165, 1.54) is 19.2 Å². The third-order valence-electron chi connectivity index (χ3n) is 2.56. The second kappa shape index (κ2) is 5.26. The highest BCUT2D eigenvalue weighted by Crippen LogP contribution is 2.21. The fourth-order valence-electron chi connectivity index (χ4n) is 1.58. The summed E-state index contributed by atoms with van der Waals surface area (Å²) in [6, 6.07) is 7.91. The number of H-pyrrole nitrogens is 1. The summed E-state index contributed by atoms with van der Waals surface area (Å²) in [6.45, 7) is 0. The number of benzene rings is 1. The van der Waals surface area contributed by atoms with Crippen LogP contribution in [0.1, 0.15) is 20.8 Å². The first-order chi connectivity index (χ1) is 9.11. The van der Waals surface area contributed by atoms with Gasteiger partial charge in [-0.1, -0.05) is 0 Å². The number of anilines is 2. The molecular weight excluding hydrogens is 246 g/mol. The monoisotopic (exact) mass is 259 g/mol. The molecule has 1 aromatic heterocycles. The van der Waals surface area contributed by atoms with Crippen molar-refractivity contribution in [3.63, 3.8) is 0 Å². The van der Waals surface area contributed by atoms with E-state index < -0.39 is 5.97 Å². The fraction of sp³-hybridized carbons (Fsp3) is 0.0769. The van der Waals surface area contributed by atoms with Crippen LogP contribution in [0.4, 0.5) is 11.4 Å². The number of aromatic nitrogens is 1. The maximum Gasteiger partial charge on any atom is 0.337 e. The fourth-order valence-corrected chi connectivity index (χ4v) is 1.58. The first-order valence-electron chi connectivity index (χ1n) is 5.54. The lowest BCUT2D eigenvalue weighted by molar-refractivity contribution is 0.0600. The van der Waals surface area contributed by atoms with Crippen LogP contribution in [-0.4, -0.2) is 24.0 Å². The van der Waals surface area contributed by atoms with Gasteiger partial charge < -0.3 is 20.8 Å². The van der Waals surface area contributed by atoms with E-state index in [4.69, 9.17) is 5.73 Å². The van der Waals surface area contributed by atoms with E-state index in [1.807, 2.05) is 0 Å². The topological polar surface area (TPSA) is 97.2 Å². The first kappa shape index (κ1) is 12.7. The van der Waals surface area contributed by atoms with Crippen molar-refractivity contribution >= 4 is 23.3 Å². The molecule has 0 saturated heterocycles. The van der Waals surface area contributed by atoms with Crippen LogP contribution in [0, 0.1) is 0 Å². The number of carbonyl (C=O) groups is 2. The molecule has 19 heavy (non-hydrogen) atoms. The van der Waals surface area contributed by atoms with E-state index in [0.717, 1.165) is 0 Å². The molecule has 0 atom stereocenters. The molecule has 1 aromatic carbocycles. The molecule has 6 nitrogen and oxygen atoms in total. The van der Waals surface area contributed by atoms with E-state index in [9.17, 15) is 9.59 Å². The van der Waals surface area contributed by atoms with Gasteiger partial charge in [-0.3, -0.25) is 4.79 Å². The van der Waals surface area contributed by atoms with Gasteiger partial charge in [-0.2, -0.15) is 0 Å². The zero-order valence-electron chi connectivity index (χ0n) is 10.3. The number of hydrogen-bond donors (Lipinski definition) is 3. The number of ether oxygens (including phenoxy) is 1. The number of amides is 1. The number of aromatic amines is 1. The molecule has 2 aromatic rings. The van der Waals surface area contributed by atoms with Crippen LogP contribution in [0.2, 0.25) is 0 Å². The van der Waals surface area contributed by atoms with Crippen LogP contribution in [0.3, 0.4) is 0 Å². The Labute approximate surface area is 109 Å². The Morgan fingerprint density at radius 1 is 1.32 bits per heavy atom. The molecule has 0 fully saturated rings. The van der Waals surface area contributed by atoms with Gasteiger partial charge >= 0.3 is 5.97 Å². The summed E-state index contributed by atoms with van der Waals surface area (Å²) in [5.41, 5.74) is 7.27. The van der Waals surface area contributed by atoms with Gasteiger partial charge in [0.1, 0.15) is 5.69 Å². The minimum atomic E-state index is -0.478. The lowest BCUT2D eigenvalue weighted by Crippen LogP contribution is -2.14. The van der Waals surface area contributed by atoms with Gasteiger partial charge in [0.05, 0.1) is 24.0 Å². The molecule has 0 saturated carbocycles. The highest BCUT2D eigenvalue weighted by Gasteiger charge is 2.11. The highest BCUT2D eigenvalue weighted by atomic mass is 16.5. The standard InChI is InChI=1S/C13H13N3O3/c1-19-13(18)8-4-5-10(9(14)7-8)16-12(17)11-3-2-6-15-11/h2-7,15H,14H2,1H3,(H,16,17). The third kappa shape index (κ3) is 2.74. The molecule has 98 valence electrons. The molecule has 0 spiro atoms. The van der Waals surface area contributed by atoms with Gasteiger partial charge in [0.15, 0.2) is 0 Å². The summed E-state index contributed by atoms with van der Waals surface area (Å²) in [5, 5.41) is 2.65. The van der Waals surface area contributed by atoms with Crippen LogP contribution in [-0.2, 0) is 4.74 Å². The molecule has 6 heteroatoms. The maximum absolute atomic E-state index is 11.8. The van der Waals surface area contributed by atoms with Crippen molar-refractivity contribution in [2.75, 3.05) is 18.2 Å². The predicted molar refractivity (Wildman–Crippen MR) is 70.9 cm³/mol. The Morgan fingerprint density at radius 2 is 2.11 bits per heavy atom. The number of nitrogens with two attached hydrogens (primary N) is 1. The zero-order valence-corrected chi connectivity index (χ0v) is 10.3. The molecule has 2 rings (SSSR count). The van der Waals surface area contributed by atoms with E-state index >= 15 is 0 Å². The van der Waals surface area contributed by atoms with E-state index in [0.29, 0.717) is 22.6 Å². The predicted octanol–water partition coefficient (Wildman–Crippen LogP) is 1.64. The summed E-state index contributed by atoms with van der Waals surface area (Å²) in [7, 11) is 1.29. The summed E-state index contributed by atoms with van der Waals surface area (Å²) in [5.74, 6) is -0.781. The van der Waals surface area contributed by atoms with Crippen molar-refractivity contribution in [2.24, 2.45) is 0 Å². The quantitative estimate of drug-likeness (QED) is 0.576. The third-order valence-corrected chi connectivity index (χ3v) is 2.56. The van der Waals surface area contributed by atoms with Crippen molar-refractivity contribution in [2.45, 2.75) is 0 Å². The molecule has 4 N–H and O–H groups in total. The van der Waals surface area contributed by atoms with Gasteiger partial charge in [0.2, 0.25) is 0 Å². The first-order valence-corrected chi connectivity index (χ1v) is 5.54. The molecule has 0 aliphatic carbocycles. The normalized spacial score (nSPS) is 9.95. The van der Waals surface area contributed by atoms with Crippen LogP contribution < -0.4 is 11.1 Å². The minimum absolute atomic E-state index is 0.294. The van der Waals surface area contributed by atoms with Gasteiger partial charge in [0, 0.05) is 6.20 Å². The summed E-state index contributed by atoms with van der Waals surface area (Å²) >= 11 is 0. The number of carbonyl (C=O) groups excluding carboxylic acids is 2. The second-order valence-electron chi connectivity index (χ2n) is 3.83. The zero-order chi connectivity index (χ0) is 13.8. The van der Waals surface area contributed by atoms with Crippen LogP contribution in [0.15, 0.2) is 36.5 Å². The van der Waals surface area contributed by atoms with Gasteiger partial charge in [-0.05, 0) is 30.3 Å². The molecule has 0 aliphatic heterocycles. The van der Waals surface area contributed by atoms with E-state index in [2.05, 4.69) is 15.0 Å². The smallest absolute Gasteiger partial charge is 0.337 e. The minimum Gasteiger partial charge on any atom is -0.465 e. The number of esters is 1. The largest absolute Gasteiger partial charge is 0.465 e. The molecule has 0 unspecified atom stereocenters. The Hall–Kier alpha value is -2.76. The average Bonchev–Trinajstić information content (AvgIpc) is 2.94. The Morgan fingerprint density at radius 3 is 2.68 bits per heavy atom. The summed E-state index contributed by atoms with van der Waals surface area (Å²) < 4.78 is 4.58.